The van der Waals surface area contributed by atoms with E-state index in [-0.39, 0.29) is 18.2 Å². The van der Waals surface area contributed by atoms with Crippen molar-refractivity contribution < 1.29 is 19.0 Å². The Bertz CT molecular complexity index is 293. The second-order valence-corrected chi connectivity index (χ2v) is 4.66. The molecular weight excluding hydrogens is 246 g/mol. The molecule has 19 heavy (non-hydrogen) atoms. The summed E-state index contributed by atoms with van der Waals surface area (Å²) < 4.78 is 15.1. The van der Waals surface area contributed by atoms with Crippen LogP contribution in [0, 0.1) is 0 Å². The van der Waals surface area contributed by atoms with Gasteiger partial charge >= 0.3 is 6.09 Å². The standard InChI is InChI=1S/C14H25NO4/c1-4-6-12-7-5-8-13(9-10-19-11-17-2)15(12)14(16)18-3/h4,6,12-13H,5,7-11H2,1-3H3/b6-4+/t12-,13-/m1/s1. The zero-order chi connectivity index (χ0) is 14.1. The monoisotopic (exact) mass is 271 g/mol. The van der Waals surface area contributed by atoms with Gasteiger partial charge in [-0.25, -0.2) is 4.79 Å². The molecule has 0 aromatic rings. The molecule has 0 aliphatic carbocycles. The lowest BCUT2D eigenvalue weighted by Gasteiger charge is -2.40. The highest BCUT2D eigenvalue weighted by molar-refractivity contribution is 5.68. The minimum absolute atomic E-state index is 0.138. The summed E-state index contributed by atoms with van der Waals surface area (Å²) in [5.41, 5.74) is 0. The molecule has 0 radical (unpaired) electrons. The Labute approximate surface area is 115 Å². The van der Waals surface area contributed by atoms with Crippen molar-refractivity contribution in [1.82, 2.24) is 4.90 Å². The zero-order valence-corrected chi connectivity index (χ0v) is 12.1. The van der Waals surface area contributed by atoms with Crippen molar-refractivity contribution in [3.63, 3.8) is 0 Å². The van der Waals surface area contributed by atoms with Crippen LogP contribution in [0.5, 0.6) is 0 Å². The van der Waals surface area contributed by atoms with E-state index in [1.165, 1.54) is 7.11 Å². The Balaban J connectivity index is 2.61. The number of amides is 1. The summed E-state index contributed by atoms with van der Waals surface area (Å²) in [6.45, 7) is 2.86. The largest absolute Gasteiger partial charge is 0.453 e. The number of hydrogen-bond acceptors (Lipinski definition) is 4. The van der Waals surface area contributed by atoms with E-state index >= 15 is 0 Å². The molecule has 1 saturated heterocycles. The number of hydrogen-bond donors (Lipinski definition) is 0. The molecule has 0 bridgehead atoms. The second-order valence-electron chi connectivity index (χ2n) is 4.66. The molecule has 2 atom stereocenters. The van der Waals surface area contributed by atoms with Crippen LogP contribution in [0.1, 0.15) is 32.6 Å². The number of piperidine rings is 1. The van der Waals surface area contributed by atoms with Crippen molar-refractivity contribution in [2.75, 3.05) is 27.6 Å². The van der Waals surface area contributed by atoms with Gasteiger partial charge in [-0.3, -0.25) is 4.90 Å². The topological polar surface area (TPSA) is 48.0 Å². The van der Waals surface area contributed by atoms with Crippen LogP contribution in [0.15, 0.2) is 12.2 Å². The van der Waals surface area contributed by atoms with Crippen LogP contribution in [0.3, 0.4) is 0 Å². The van der Waals surface area contributed by atoms with Crippen molar-refractivity contribution in [3.05, 3.63) is 12.2 Å². The van der Waals surface area contributed by atoms with E-state index in [0.29, 0.717) is 13.4 Å². The van der Waals surface area contributed by atoms with E-state index in [9.17, 15) is 4.79 Å². The maximum Gasteiger partial charge on any atom is 0.410 e. The summed E-state index contributed by atoms with van der Waals surface area (Å²) in [6, 6.07) is 0.317. The fraction of sp³-hybridized carbons (Fsp3) is 0.786. The fourth-order valence-electron chi connectivity index (χ4n) is 2.56. The lowest BCUT2D eigenvalue weighted by Crippen LogP contribution is -2.49. The van der Waals surface area contributed by atoms with Crippen LogP contribution in [0.2, 0.25) is 0 Å². The SMILES string of the molecule is C/C=C/[C@@H]1CCC[C@H](CCOCOC)N1C(=O)OC. The van der Waals surface area contributed by atoms with Gasteiger partial charge < -0.3 is 14.2 Å². The van der Waals surface area contributed by atoms with E-state index in [1.54, 1.807) is 7.11 Å². The van der Waals surface area contributed by atoms with Gasteiger partial charge in [-0.2, -0.15) is 0 Å². The highest BCUT2D eigenvalue weighted by atomic mass is 16.7. The maximum atomic E-state index is 12.0. The number of rotatable bonds is 6. The van der Waals surface area contributed by atoms with E-state index in [0.717, 1.165) is 25.7 Å². The highest BCUT2D eigenvalue weighted by Crippen LogP contribution is 2.26. The summed E-state index contributed by atoms with van der Waals surface area (Å²) in [5, 5.41) is 0. The average Bonchev–Trinajstić information content (AvgIpc) is 2.43. The summed E-state index contributed by atoms with van der Waals surface area (Å²) >= 11 is 0. The summed E-state index contributed by atoms with van der Waals surface area (Å²) in [7, 11) is 3.03. The normalized spacial score (nSPS) is 23.8. The molecule has 1 fully saturated rings. The van der Waals surface area contributed by atoms with E-state index in [1.807, 2.05) is 17.9 Å². The van der Waals surface area contributed by atoms with Gasteiger partial charge in [0.05, 0.1) is 19.8 Å². The van der Waals surface area contributed by atoms with Crippen LogP contribution in [-0.2, 0) is 14.2 Å². The molecule has 0 aromatic carbocycles. The quantitative estimate of drug-likeness (QED) is 0.423. The number of likely N-dealkylation sites (tertiary alicyclic amines) is 1. The smallest absolute Gasteiger partial charge is 0.410 e. The Kier molecular flexibility index (Phi) is 7.52. The Morgan fingerprint density at radius 3 is 2.79 bits per heavy atom. The molecule has 0 saturated carbocycles. The van der Waals surface area contributed by atoms with Crippen LogP contribution in [0.25, 0.3) is 0 Å². The number of carbonyl (C=O) groups excluding carboxylic acids is 1. The van der Waals surface area contributed by atoms with Gasteiger partial charge in [-0.15, -0.1) is 0 Å². The van der Waals surface area contributed by atoms with Crippen LogP contribution < -0.4 is 0 Å². The minimum atomic E-state index is -0.250. The van der Waals surface area contributed by atoms with Crippen LogP contribution in [0.4, 0.5) is 4.79 Å². The van der Waals surface area contributed by atoms with Crippen LogP contribution >= 0.6 is 0 Å². The predicted octanol–water partition coefficient (Wildman–Crippen LogP) is 2.56. The maximum absolute atomic E-state index is 12.0. The van der Waals surface area contributed by atoms with Crippen molar-refractivity contribution in [3.8, 4) is 0 Å². The first-order valence-corrected chi connectivity index (χ1v) is 6.80. The number of allylic oxidation sites excluding steroid dienone is 1. The molecule has 0 unspecified atom stereocenters. The van der Waals surface area contributed by atoms with Crippen molar-refractivity contribution in [1.29, 1.82) is 0 Å². The Morgan fingerprint density at radius 2 is 2.16 bits per heavy atom. The second kappa shape index (κ2) is 8.93. The fourth-order valence-corrected chi connectivity index (χ4v) is 2.56. The van der Waals surface area contributed by atoms with Gasteiger partial charge in [0, 0.05) is 13.2 Å². The third kappa shape index (κ3) is 4.84. The summed E-state index contributed by atoms with van der Waals surface area (Å²) in [6.07, 6.45) is 7.74. The van der Waals surface area contributed by atoms with Gasteiger partial charge in [0.2, 0.25) is 0 Å². The number of nitrogens with zero attached hydrogens (tertiary/aromatic N) is 1. The Morgan fingerprint density at radius 1 is 1.37 bits per heavy atom. The molecule has 0 N–H and O–H groups in total. The predicted molar refractivity (Wildman–Crippen MR) is 72.9 cm³/mol. The summed E-state index contributed by atoms with van der Waals surface area (Å²) in [4.78, 5) is 13.8. The number of carbonyl (C=O) groups is 1. The van der Waals surface area contributed by atoms with Crippen molar-refractivity contribution >= 4 is 6.09 Å². The van der Waals surface area contributed by atoms with Gasteiger partial charge in [-0.05, 0) is 32.6 Å². The molecular formula is C14H25NO4. The van der Waals surface area contributed by atoms with Gasteiger partial charge in [-0.1, -0.05) is 12.2 Å². The first-order chi connectivity index (χ1) is 9.24. The van der Waals surface area contributed by atoms with E-state index in [4.69, 9.17) is 14.2 Å². The molecule has 1 amide bonds. The summed E-state index contributed by atoms with van der Waals surface area (Å²) in [5.74, 6) is 0. The lowest BCUT2D eigenvalue weighted by atomic mass is 9.94. The van der Waals surface area contributed by atoms with Gasteiger partial charge in [0.1, 0.15) is 6.79 Å². The van der Waals surface area contributed by atoms with Gasteiger partial charge in [0.25, 0.3) is 0 Å². The van der Waals surface area contributed by atoms with Crippen molar-refractivity contribution in [2.24, 2.45) is 0 Å². The first kappa shape index (κ1) is 16.0. The van der Waals surface area contributed by atoms with Gasteiger partial charge in [0.15, 0.2) is 0 Å². The van der Waals surface area contributed by atoms with Crippen molar-refractivity contribution in [2.45, 2.75) is 44.7 Å². The third-order valence-electron chi connectivity index (χ3n) is 3.38. The molecule has 0 spiro atoms. The molecule has 5 nitrogen and oxygen atoms in total. The molecule has 1 aliphatic rings. The first-order valence-electron chi connectivity index (χ1n) is 6.80. The highest BCUT2D eigenvalue weighted by Gasteiger charge is 2.33. The average molecular weight is 271 g/mol. The zero-order valence-electron chi connectivity index (χ0n) is 12.1. The molecule has 1 rings (SSSR count). The lowest BCUT2D eigenvalue weighted by molar-refractivity contribution is -0.0391. The number of methoxy groups -OCH3 is 2. The van der Waals surface area contributed by atoms with Crippen LogP contribution in [-0.4, -0.2) is 50.7 Å². The molecule has 0 aromatic heterocycles. The number of ether oxygens (including phenoxy) is 3. The molecule has 1 aliphatic heterocycles. The Hall–Kier alpha value is -1.07. The molecule has 110 valence electrons. The van der Waals surface area contributed by atoms with E-state index in [2.05, 4.69) is 6.08 Å². The third-order valence-corrected chi connectivity index (χ3v) is 3.38. The molecule has 5 heteroatoms. The minimum Gasteiger partial charge on any atom is -0.453 e. The molecule has 1 heterocycles. The van der Waals surface area contributed by atoms with E-state index < -0.39 is 0 Å².